The average molecular weight is 404 g/mol. The van der Waals surface area contributed by atoms with E-state index in [9.17, 15) is 14.9 Å². The number of amides is 1. The van der Waals surface area contributed by atoms with Crippen molar-refractivity contribution in [3.8, 4) is 11.5 Å². The van der Waals surface area contributed by atoms with Crippen molar-refractivity contribution >= 4 is 24.0 Å². The Hall–Kier alpha value is -2.10. The number of ether oxygens (including phenoxy) is 3. The number of nitro groups is 1. The van der Waals surface area contributed by atoms with Crippen molar-refractivity contribution in [3.63, 3.8) is 0 Å². The van der Waals surface area contributed by atoms with Crippen LogP contribution in [-0.4, -0.2) is 57.4 Å². The van der Waals surface area contributed by atoms with Gasteiger partial charge in [-0.1, -0.05) is 6.92 Å². The Balaban J connectivity index is 0.00000364. The van der Waals surface area contributed by atoms with Gasteiger partial charge in [0.1, 0.15) is 12.2 Å². The van der Waals surface area contributed by atoms with E-state index in [1.54, 1.807) is 0 Å². The van der Waals surface area contributed by atoms with Crippen LogP contribution in [0.3, 0.4) is 0 Å². The van der Waals surface area contributed by atoms with Crippen LogP contribution in [0.15, 0.2) is 12.1 Å². The first-order chi connectivity index (χ1) is 12.5. The molecule has 1 aromatic carbocycles. The highest BCUT2D eigenvalue weighted by Crippen LogP contribution is 2.35. The number of nitrogens with zero attached hydrogens (tertiary/aromatic N) is 1. The van der Waals surface area contributed by atoms with Gasteiger partial charge < -0.3 is 24.8 Å². The van der Waals surface area contributed by atoms with Crippen LogP contribution >= 0.6 is 12.4 Å². The number of benzene rings is 1. The first-order valence-corrected chi connectivity index (χ1v) is 8.47. The monoisotopic (exact) mass is 403 g/mol. The van der Waals surface area contributed by atoms with Crippen LogP contribution in [0.1, 0.15) is 23.7 Å². The maximum atomic E-state index is 12.7. The van der Waals surface area contributed by atoms with Crippen molar-refractivity contribution in [2.24, 2.45) is 5.92 Å². The molecule has 2 N–H and O–H groups in total. The van der Waals surface area contributed by atoms with Crippen LogP contribution in [-0.2, 0) is 4.74 Å². The molecule has 1 aliphatic heterocycles. The molecule has 2 atom stereocenters. The van der Waals surface area contributed by atoms with Gasteiger partial charge >= 0.3 is 0 Å². The Morgan fingerprint density at radius 3 is 2.67 bits per heavy atom. The van der Waals surface area contributed by atoms with Crippen molar-refractivity contribution in [2.75, 3.05) is 40.5 Å². The summed E-state index contributed by atoms with van der Waals surface area (Å²) >= 11 is 0. The second-order valence-electron chi connectivity index (χ2n) is 6.17. The van der Waals surface area contributed by atoms with E-state index in [1.165, 1.54) is 26.4 Å². The maximum absolute atomic E-state index is 12.7. The minimum atomic E-state index is -0.597. The molecule has 0 saturated carbocycles. The third kappa shape index (κ3) is 5.95. The lowest BCUT2D eigenvalue weighted by molar-refractivity contribution is -0.385. The van der Waals surface area contributed by atoms with Gasteiger partial charge in [-0.2, -0.15) is 0 Å². The first kappa shape index (κ1) is 22.9. The predicted molar refractivity (Wildman–Crippen MR) is 102 cm³/mol. The standard InChI is InChI=1S/C17H25N3O6.ClH/c1-11-4-5-18-10-13(11)19-17(21)12-8-15(25-3)16(26-7-6-24-2)9-14(12)20(22)23;/h8-9,11,13,18H,4-7,10H2,1-3H3,(H,19,21);1H. The molecule has 1 amide bonds. The van der Waals surface area contributed by atoms with Crippen LogP contribution in [0, 0.1) is 16.0 Å². The number of rotatable bonds is 8. The van der Waals surface area contributed by atoms with E-state index in [-0.39, 0.29) is 53.7 Å². The Morgan fingerprint density at radius 1 is 1.33 bits per heavy atom. The Labute approximate surface area is 164 Å². The fourth-order valence-electron chi connectivity index (χ4n) is 2.82. The maximum Gasteiger partial charge on any atom is 0.286 e. The summed E-state index contributed by atoms with van der Waals surface area (Å²) < 4.78 is 15.6. The molecule has 1 aromatic rings. The fourth-order valence-corrected chi connectivity index (χ4v) is 2.82. The molecule has 0 aromatic heterocycles. The normalized spacial score (nSPS) is 18.9. The van der Waals surface area contributed by atoms with Crippen molar-refractivity contribution < 1.29 is 23.9 Å². The van der Waals surface area contributed by atoms with Crippen LogP contribution in [0.5, 0.6) is 11.5 Å². The highest BCUT2D eigenvalue weighted by atomic mass is 35.5. The van der Waals surface area contributed by atoms with Gasteiger partial charge in [0.05, 0.1) is 24.7 Å². The van der Waals surface area contributed by atoms with Crippen LogP contribution in [0.2, 0.25) is 0 Å². The predicted octanol–water partition coefficient (Wildman–Crippen LogP) is 1.78. The minimum Gasteiger partial charge on any atom is -0.493 e. The van der Waals surface area contributed by atoms with Crippen LogP contribution in [0.4, 0.5) is 5.69 Å². The van der Waals surface area contributed by atoms with Gasteiger partial charge in [0.25, 0.3) is 11.6 Å². The molecule has 0 aliphatic carbocycles. The number of carbonyl (C=O) groups excluding carboxylic acids is 1. The highest BCUT2D eigenvalue weighted by molar-refractivity contribution is 5.99. The number of hydrogen-bond acceptors (Lipinski definition) is 7. The van der Waals surface area contributed by atoms with Crippen LogP contribution < -0.4 is 20.1 Å². The summed E-state index contributed by atoms with van der Waals surface area (Å²) in [6.07, 6.45) is 0.933. The summed E-state index contributed by atoms with van der Waals surface area (Å²) in [7, 11) is 2.94. The summed E-state index contributed by atoms with van der Waals surface area (Å²) in [5.74, 6) is 0.240. The summed E-state index contributed by atoms with van der Waals surface area (Å²) in [6, 6.07) is 2.47. The molecule has 152 valence electrons. The summed E-state index contributed by atoms with van der Waals surface area (Å²) in [5.41, 5.74) is -0.379. The number of methoxy groups -OCH3 is 2. The number of piperidine rings is 1. The largest absolute Gasteiger partial charge is 0.493 e. The molecule has 0 bridgehead atoms. The molecule has 2 unspecified atom stereocenters. The van der Waals surface area contributed by atoms with Gasteiger partial charge in [-0.3, -0.25) is 14.9 Å². The molecule has 0 radical (unpaired) electrons. The van der Waals surface area contributed by atoms with Crippen molar-refractivity contribution in [3.05, 3.63) is 27.8 Å². The van der Waals surface area contributed by atoms with Gasteiger partial charge in [-0.05, 0) is 18.9 Å². The zero-order chi connectivity index (χ0) is 19.1. The topological polar surface area (TPSA) is 112 Å². The molecular weight excluding hydrogens is 378 g/mol. The first-order valence-electron chi connectivity index (χ1n) is 8.47. The SMILES string of the molecule is COCCOc1cc([N+](=O)[O-])c(C(=O)NC2CNCCC2C)cc1OC.Cl. The average Bonchev–Trinajstić information content (AvgIpc) is 2.63. The van der Waals surface area contributed by atoms with Crippen molar-refractivity contribution in [2.45, 2.75) is 19.4 Å². The lowest BCUT2D eigenvalue weighted by atomic mass is 9.94. The van der Waals surface area contributed by atoms with E-state index in [2.05, 4.69) is 10.6 Å². The number of nitro benzene ring substituents is 1. The number of hydrogen-bond donors (Lipinski definition) is 2. The number of carbonyl (C=O) groups is 1. The van der Waals surface area contributed by atoms with Crippen molar-refractivity contribution in [1.29, 1.82) is 0 Å². The molecule has 27 heavy (non-hydrogen) atoms. The van der Waals surface area contributed by atoms with Gasteiger partial charge in [0, 0.05) is 25.8 Å². The van der Waals surface area contributed by atoms with E-state index in [0.29, 0.717) is 13.2 Å². The lowest BCUT2D eigenvalue weighted by Gasteiger charge is -2.30. The molecular formula is C17H26ClN3O6. The zero-order valence-corrected chi connectivity index (χ0v) is 16.5. The highest BCUT2D eigenvalue weighted by Gasteiger charge is 2.28. The molecule has 1 saturated heterocycles. The second-order valence-corrected chi connectivity index (χ2v) is 6.17. The molecule has 10 heteroatoms. The summed E-state index contributed by atoms with van der Waals surface area (Å²) in [5, 5.41) is 17.6. The quantitative estimate of drug-likeness (QED) is 0.386. The number of halogens is 1. The smallest absolute Gasteiger partial charge is 0.286 e. The summed E-state index contributed by atoms with van der Waals surface area (Å²) in [6.45, 7) is 4.12. The molecule has 9 nitrogen and oxygen atoms in total. The minimum absolute atomic E-state index is 0. The molecule has 0 spiro atoms. The van der Waals surface area contributed by atoms with Gasteiger partial charge in [0.2, 0.25) is 0 Å². The molecule has 2 rings (SSSR count). The molecule has 1 fully saturated rings. The number of nitrogens with one attached hydrogen (secondary N) is 2. The van der Waals surface area contributed by atoms with E-state index >= 15 is 0 Å². The Kier molecular flexibility index (Phi) is 9.27. The van der Waals surface area contributed by atoms with Gasteiger partial charge in [0.15, 0.2) is 11.5 Å². The van der Waals surface area contributed by atoms with E-state index < -0.39 is 10.8 Å². The molecule has 1 aliphatic rings. The van der Waals surface area contributed by atoms with Gasteiger partial charge in [-0.15, -0.1) is 12.4 Å². The summed E-state index contributed by atoms with van der Waals surface area (Å²) in [4.78, 5) is 23.5. The van der Waals surface area contributed by atoms with Crippen molar-refractivity contribution in [1.82, 2.24) is 10.6 Å². The van der Waals surface area contributed by atoms with E-state index in [1.807, 2.05) is 6.92 Å². The lowest BCUT2D eigenvalue weighted by Crippen LogP contribution is -2.50. The van der Waals surface area contributed by atoms with Crippen LogP contribution in [0.25, 0.3) is 0 Å². The van der Waals surface area contributed by atoms with E-state index in [4.69, 9.17) is 14.2 Å². The van der Waals surface area contributed by atoms with E-state index in [0.717, 1.165) is 13.0 Å². The molecule has 1 heterocycles. The second kappa shape index (κ2) is 10.9. The Bertz CT molecular complexity index is 658. The van der Waals surface area contributed by atoms with Gasteiger partial charge in [-0.25, -0.2) is 0 Å². The Morgan fingerprint density at radius 2 is 2.07 bits per heavy atom. The third-order valence-electron chi connectivity index (χ3n) is 4.41. The fraction of sp³-hybridized carbons (Fsp3) is 0.588. The third-order valence-corrected chi connectivity index (χ3v) is 4.41. The zero-order valence-electron chi connectivity index (χ0n) is 15.6.